The largest absolute Gasteiger partial charge is 0.380 e. The van der Waals surface area contributed by atoms with Crippen molar-refractivity contribution in [1.82, 2.24) is 4.98 Å². The molecule has 0 saturated heterocycles. The topological polar surface area (TPSA) is 24.9 Å². The van der Waals surface area contributed by atoms with E-state index in [0.29, 0.717) is 0 Å². The summed E-state index contributed by atoms with van der Waals surface area (Å²) >= 11 is 0. The van der Waals surface area contributed by atoms with E-state index in [0.717, 1.165) is 6.54 Å². The van der Waals surface area contributed by atoms with Gasteiger partial charge >= 0.3 is 0 Å². The third-order valence-electron chi connectivity index (χ3n) is 2.82. The minimum atomic E-state index is 0.846. The lowest BCUT2D eigenvalue weighted by Gasteiger charge is -2.14. The predicted molar refractivity (Wildman–Crippen MR) is 66.9 cm³/mol. The van der Waals surface area contributed by atoms with Gasteiger partial charge in [-0.25, -0.2) is 0 Å². The minimum Gasteiger partial charge on any atom is -0.380 e. The van der Waals surface area contributed by atoms with Crippen LogP contribution in [0.2, 0.25) is 0 Å². The molecule has 0 spiro atoms. The first-order valence-electron chi connectivity index (χ1n) is 5.37. The molecule has 3 rings (SSSR count). The van der Waals surface area contributed by atoms with E-state index < -0.39 is 0 Å². The van der Waals surface area contributed by atoms with Crippen LogP contribution in [0.3, 0.4) is 0 Å². The van der Waals surface area contributed by atoms with Crippen LogP contribution in [0.1, 0.15) is 16.7 Å². The van der Waals surface area contributed by atoms with Crippen LogP contribution in [0, 0.1) is 0 Å². The smallest absolute Gasteiger partial charge is 0.0416 e. The van der Waals surface area contributed by atoms with Crippen LogP contribution in [0.4, 0.5) is 5.69 Å². The van der Waals surface area contributed by atoms with Crippen LogP contribution < -0.4 is 5.32 Å². The summed E-state index contributed by atoms with van der Waals surface area (Å²) < 4.78 is 0. The lowest BCUT2D eigenvalue weighted by atomic mass is 10.0. The third-order valence-corrected chi connectivity index (χ3v) is 2.82. The summed E-state index contributed by atoms with van der Waals surface area (Å²) in [6.07, 6.45) is 7.99. The number of benzene rings is 1. The molecule has 2 heterocycles. The van der Waals surface area contributed by atoms with Gasteiger partial charge in [0.15, 0.2) is 0 Å². The molecule has 0 atom stereocenters. The van der Waals surface area contributed by atoms with E-state index in [1.54, 1.807) is 0 Å². The average molecular weight is 208 g/mol. The van der Waals surface area contributed by atoms with Crippen LogP contribution in [0.5, 0.6) is 0 Å². The second-order valence-corrected chi connectivity index (χ2v) is 3.85. The maximum atomic E-state index is 4.15. The van der Waals surface area contributed by atoms with E-state index in [4.69, 9.17) is 0 Å². The fourth-order valence-electron chi connectivity index (χ4n) is 1.92. The first-order chi connectivity index (χ1) is 7.93. The molecular weight excluding hydrogens is 196 g/mol. The number of hydrogen-bond acceptors (Lipinski definition) is 2. The Bertz CT molecular complexity index is 494. The van der Waals surface area contributed by atoms with Gasteiger partial charge in [-0.15, -0.1) is 0 Å². The highest BCUT2D eigenvalue weighted by Gasteiger charge is 2.05. The van der Waals surface area contributed by atoms with E-state index in [1.165, 1.54) is 22.4 Å². The summed E-state index contributed by atoms with van der Waals surface area (Å²) in [5.74, 6) is 0. The van der Waals surface area contributed by atoms with Gasteiger partial charge < -0.3 is 5.32 Å². The molecule has 0 amide bonds. The van der Waals surface area contributed by atoms with E-state index in [9.17, 15) is 0 Å². The van der Waals surface area contributed by atoms with Crippen molar-refractivity contribution in [2.24, 2.45) is 0 Å². The van der Waals surface area contributed by atoms with Gasteiger partial charge in [0.05, 0.1) is 0 Å². The van der Waals surface area contributed by atoms with E-state index in [-0.39, 0.29) is 0 Å². The molecular formula is C14H12N2. The predicted octanol–water partition coefficient (Wildman–Crippen LogP) is 3.18. The zero-order valence-corrected chi connectivity index (χ0v) is 8.85. The molecule has 2 aromatic rings. The van der Waals surface area contributed by atoms with E-state index >= 15 is 0 Å². The first kappa shape index (κ1) is 9.16. The Balaban J connectivity index is 2.10. The zero-order valence-electron chi connectivity index (χ0n) is 8.85. The highest BCUT2D eigenvalue weighted by molar-refractivity contribution is 5.78. The van der Waals surface area contributed by atoms with Crippen molar-refractivity contribution in [3.05, 3.63) is 59.4 Å². The normalized spacial score (nSPS) is 13.0. The lowest BCUT2D eigenvalue weighted by Crippen LogP contribution is -2.04. The number of fused-ring (bicyclic) bond motifs is 2. The Labute approximate surface area is 94.7 Å². The summed E-state index contributed by atoms with van der Waals surface area (Å²) in [6, 6.07) is 10.4. The number of para-hydroxylation sites is 1. The molecule has 16 heavy (non-hydrogen) atoms. The van der Waals surface area contributed by atoms with Crippen LogP contribution in [0.15, 0.2) is 42.7 Å². The van der Waals surface area contributed by atoms with Crippen molar-refractivity contribution in [1.29, 1.82) is 0 Å². The monoisotopic (exact) mass is 208 g/mol. The SMILES string of the molecule is C1=Cc2ccccc2NCc2ccncc21. The molecule has 2 nitrogen and oxygen atoms in total. The van der Waals surface area contributed by atoms with Crippen LogP contribution in [-0.2, 0) is 6.54 Å². The molecule has 0 radical (unpaired) electrons. The quantitative estimate of drug-likeness (QED) is 0.719. The van der Waals surface area contributed by atoms with Gasteiger partial charge in [-0.2, -0.15) is 0 Å². The molecule has 1 aromatic carbocycles. The highest BCUT2D eigenvalue weighted by Crippen LogP contribution is 2.22. The Morgan fingerprint density at radius 3 is 2.88 bits per heavy atom. The molecule has 0 unspecified atom stereocenters. The first-order valence-corrected chi connectivity index (χ1v) is 5.37. The van der Waals surface area contributed by atoms with Crippen molar-refractivity contribution in [3.63, 3.8) is 0 Å². The average Bonchev–Trinajstić information content (AvgIpc) is 2.32. The molecule has 0 aliphatic carbocycles. The number of hydrogen-bond donors (Lipinski definition) is 1. The summed E-state index contributed by atoms with van der Waals surface area (Å²) in [7, 11) is 0. The van der Waals surface area contributed by atoms with E-state index in [2.05, 4.69) is 52.8 Å². The fourth-order valence-corrected chi connectivity index (χ4v) is 1.92. The molecule has 1 aliphatic rings. The number of pyridine rings is 1. The molecule has 0 saturated carbocycles. The molecule has 78 valence electrons. The molecule has 0 bridgehead atoms. The van der Waals surface area contributed by atoms with Gasteiger partial charge in [-0.05, 0) is 28.8 Å². The number of aromatic nitrogens is 1. The summed E-state index contributed by atoms with van der Waals surface area (Å²) in [6.45, 7) is 0.846. The van der Waals surface area contributed by atoms with Crippen molar-refractivity contribution in [2.45, 2.75) is 6.54 Å². The van der Waals surface area contributed by atoms with Crippen molar-refractivity contribution in [2.75, 3.05) is 5.32 Å². The van der Waals surface area contributed by atoms with Crippen molar-refractivity contribution >= 4 is 17.8 Å². The Kier molecular flexibility index (Phi) is 2.18. The zero-order chi connectivity index (χ0) is 10.8. The molecule has 1 aliphatic heterocycles. The van der Waals surface area contributed by atoms with Crippen LogP contribution in [0.25, 0.3) is 12.2 Å². The van der Waals surface area contributed by atoms with Crippen LogP contribution in [-0.4, -0.2) is 4.98 Å². The van der Waals surface area contributed by atoms with E-state index in [1.807, 2.05) is 12.4 Å². The fraction of sp³-hybridized carbons (Fsp3) is 0.0714. The summed E-state index contributed by atoms with van der Waals surface area (Å²) in [5.41, 5.74) is 4.86. The van der Waals surface area contributed by atoms with Gasteiger partial charge in [-0.3, -0.25) is 4.98 Å². The summed E-state index contributed by atoms with van der Waals surface area (Å²) in [4.78, 5) is 4.15. The Hall–Kier alpha value is -2.09. The highest BCUT2D eigenvalue weighted by atomic mass is 14.9. The third kappa shape index (κ3) is 1.58. The number of nitrogens with zero attached hydrogens (tertiary/aromatic N) is 1. The van der Waals surface area contributed by atoms with Gasteiger partial charge in [0.2, 0.25) is 0 Å². The standard InChI is InChI=1S/C14H12N2/c1-2-4-14-11(3-1)5-6-12-9-15-8-7-13(12)10-16-14/h1-9,16H,10H2. The molecule has 1 N–H and O–H groups in total. The molecule has 2 heteroatoms. The maximum absolute atomic E-state index is 4.15. The van der Waals surface area contributed by atoms with Gasteiger partial charge in [0.25, 0.3) is 0 Å². The van der Waals surface area contributed by atoms with Gasteiger partial charge in [0, 0.05) is 24.6 Å². The van der Waals surface area contributed by atoms with Crippen molar-refractivity contribution in [3.8, 4) is 0 Å². The summed E-state index contributed by atoms with van der Waals surface area (Å²) in [5, 5.41) is 3.44. The minimum absolute atomic E-state index is 0.846. The van der Waals surface area contributed by atoms with Crippen molar-refractivity contribution < 1.29 is 0 Å². The lowest BCUT2D eigenvalue weighted by molar-refractivity contribution is 1.11. The maximum Gasteiger partial charge on any atom is 0.0416 e. The van der Waals surface area contributed by atoms with Gasteiger partial charge in [0.1, 0.15) is 0 Å². The van der Waals surface area contributed by atoms with Gasteiger partial charge in [-0.1, -0.05) is 30.4 Å². The Morgan fingerprint density at radius 2 is 1.88 bits per heavy atom. The number of anilines is 1. The molecule has 0 fully saturated rings. The number of nitrogens with one attached hydrogen (secondary N) is 1. The molecule has 1 aromatic heterocycles. The Morgan fingerprint density at radius 1 is 1.00 bits per heavy atom. The second-order valence-electron chi connectivity index (χ2n) is 3.85. The second kappa shape index (κ2) is 3.81. The number of rotatable bonds is 0. The van der Waals surface area contributed by atoms with Crippen LogP contribution >= 0.6 is 0 Å².